The number of rotatable bonds is 4. The van der Waals surface area contributed by atoms with Crippen molar-refractivity contribution in [3.05, 3.63) is 12.4 Å². The second-order valence-corrected chi connectivity index (χ2v) is 1.94. The minimum atomic E-state index is -2.70. The predicted octanol–water partition coefficient (Wildman–Crippen LogP) is -0.521. The first-order chi connectivity index (χ1) is 5.29. The Morgan fingerprint density at radius 2 is 2.64 bits per heavy atom. The molecule has 0 aliphatic carbocycles. The number of anilines is 1. The van der Waals surface area contributed by atoms with Gasteiger partial charge in [-0.25, -0.2) is 14.7 Å². The van der Waals surface area contributed by atoms with Gasteiger partial charge in [-0.2, -0.15) is 0 Å². The molecule has 1 heterocycles. The zero-order chi connectivity index (χ0) is 8.10. The number of aromatic amines is 1. The Labute approximate surface area is 64.1 Å². The summed E-state index contributed by atoms with van der Waals surface area (Å²) in [6.07, 6.45) is 2.99. The molecule has 0 amide bonds. The van der Waals surface area contributed by atoms with Gasteiger partial charge in [-0.1, -0.05) is 4.99 Å². The van der Waals surface area contributed by atoms with E-state index in [1.165, 1.54) is 12.4 Å². The van der Waals surface area contributed by atoms with Crippen molar-refractivity contribution in [2.45, 2.75) is 0 Å². The summed E-state index contributed by atoms with van der Waals surface area (Å²) in [4.78, 5) is 10.2. The van der Waals surface area contributed by atoms with Crippen LogP contribution in [0.2, 0.25) is 0 Å². The molecule has 8 heteroatoms. The second-order valence-electron chi connectivity index (χ2n) is 1.40. The second kappa shape index (κ2) is 4.03. The lowest BCUT2D eigenvalue weighted by atomic mass is 11.0. The summed E-state index contributed by atoms with van der Waals surface area (Å²) >= 11 is -2.70. The summed E-state index contributed by atoms with van der Waals surface area (Å²) in [5.41, 5.74) is 2.07. The molecular weight excluding hydrogens is 174 g/mol. The number of hydrogen-bond acceptors (Lipinski definition) is 6. The lowest BCUT2D eigenvalue weighted by molar-refractivity contribution is -0.175. The first-order valence-electron chi connectivity index (χ1n) is 2.47. The SMILES string of the molecule is O=S([O-])OONc1ncc[nH]1. The average molecular weight is 178 g/mol. The molecule has 1 rings (SSSR count). The van der Waals surface area contributed by atoms with Crippen LogP contribution in [0.4, 0.5) is 5.95 Å². The Kier molecular flexibility index (Phi) is 2.98. The molecule has 0 fully saturated rings. The van der Waals surface area contributed by atoms with E-state index in [0.717, 1.165) is 0 Å². The normalized spacial score (nSPS) is 12.8. The van der Waals surface area contributed by atoms with Crippen molar-refractivity contribution in [2.75, 3.05) is 5.48 Å². The van der Waals surface area contributed by atoms with Gasteiger partial charge >= 0.3 is 0 Å². The van der Waals surface area contributed by atoms with Gasteiger partial charge in [-0.3, -0.25) is 0 Å². The molecule has 0 aliphatic heterocycles. The van der Waals surface area contributed by atoms with E-state index in [1.807, 2.05) is 0 Å². The smallest absolute Gasteiger partial charge is 0.227 e. The van der Waals surface area contributed by atoms with Crippen LogP contribution in [0.1, 0.15) is 0 Å². The molecule has 0 bridgehead atoms. The van der Waals surface area contributed by atoms with Crippen LogP contribution in [-0.2, 0) is 20.7 Å². The molecule has 0 radical (unpaired) electrons. The molecular formula is C3H4N3O4S-. The lowest BCUT2D eigenvalue weighted by Crippen LogP contribution is -2.05. The van der Waals surface area contributed by atoms with E-state index in [9.17, 15) is 8.76 Å². The number of nitrogens with zero attached hydrogens (tertiary/aromatic N) is 1. The minimum absolute atomic E-state index is 0.246. The van der Waals surface area contributed by atoms with Crippen molar-refractivity contribution in [2.24, 2.45) is 0 Å². The van der Waals surface area contributed by atoms with Gasteiger partial charge in [0.05, 0.1) is 0 Å². The first-order valence-corrected chi connectivity index (χ1v) is 3.47. The van der Waals surface area contributed by atoms with Gasteiger partial charge < -0.3 is 9.54 Å². The maximum atomic E-state index is 9.71. The minimum Gasteiger partial charge on any atom is -0.747 e. The predicted molar refractivity (Wildman–Crippen MR) is 33.3 cm³/mol. The molecule has 1 aromatic rings. The molecule has 0 spiro atoms. The number of aromatic nitrogens is 2. The van der Waals surface area contributed by atoms with Gasteiger partial charge in [0.25, 0.3) is 0 Å². The van der Waals surface area contributed by atoms with Crippen LogP contribution in [0, 0.1) is 0 Å². The fourth-order valence-electron chi connectivity index (χ4n) is 0.405. The number of H-pyrrole nitrogens is 1. The molecule has 0 saturated heterocycles. The third-order valence-electron chi connectivity index (χ3n) is 0.726. The van der Waals surface area contributed by atoms with Crippen molar-refractivity contribution >= 4 is 17.3 Å². The molecule has 7 nitrogen and oxygen atoms in total. The number of hydrogen-bond donors (Lipinski definition) is 2. The standard InChI is InChI=1S/C3H5N3O4S/c7-11(8)10-9-6-3-4-1-2-5-3/h1-2H,(H,7,8)(H2,4,5,6)/p-1. The third kappa shape index (κ3) is 3.09. The van der Waals surface area contributed by atoms with Crippen LogP contribution in [0.3, 0.4) is 0 Å². The molecule has 0 saturated carbocycles. The summed E-state index contributed by atoms with van der Waals surface area (Å²) in [6.45, 7) is 0. The third-order valence-corrected chi connectivity index (χ3v) is 0.905. The van der Waals surface area contributed by atoms with Crippen LogP contribution >= 0.6 is 0 Å². The Bertz CT molecular complexity index is 224. The van der Waals surface area contributed by atoms with E-state index in [0.29, 0.717) is 0 Å². The Hall–Kier alpha value is -0.960. The van der Waals surface area contributed by atoms with Crippen LogP contribution < -0.4 is 5.48 Å². The van der Waals surface area contributed by atoms with E-state index in [2.05, 4.69) is 24.8 Å². The lowest BCUT2D eigenvalue weighted by Gasteiger charge is -2.02. The summed E-state index contributed by atoms with van der Waals surface area (Å²) in [7, 11) is 0. The molecule has 62 valence electrons. The molecule has 0 aromatic carbocycles. The topological polar surface area (TPSA) is 99.3 Å². The average Bonchev–Trinajstić information content (AvgIpc) is 2.39. The monoisotopic (exact) mass is 178 g/mol. The number of imidazole rings is 1. The summed E-state index contributed by atoms with van der Waals surface area (Å²) in [6, 6.07) is 0. The highest BCUT2D eigenvalue weighted by Crippen LogP contribution is 1.94. The Balaban J connectivity index is 2.19. The summed E-state index contributed by atoms with van der Waals surface area (Å²) in [5.74, 6) is 0.246. The van der Waals surface area contributed by atoms with Gasteiger partial charge in [-0.05, 0) is 0 Å². The summed E-state index contributed by atoms with van der Waals surface area (Å²) < 4.78 is 23.1. The largest absolute Gasteiger partial charge is 0.747 e. The van der Waals surface area contributed by atoms with E-state index < -0.39 is 11.4 Å². The van der Waals surface area contributed by atoms with Gasteiger partial charge in [0.1, 0.15) is 11.4 Å². The highest BCUT2D eigenvalue weighted by Gasteiger charge is 1.91. The molecule has 1 atom stereocenters. The fourth-order valence-corrected chi connectivity index (χ4v) is 0.495. The highest BCUT2D eigenvalue weighted by atomic mass is 32.2. The number of nitrogens with one attached hydrogen (secondary N) is 2. The maximum absolute atomic E-state index is 9.71. The van der Waals surface area contributed by atoms with Crippen molar-refractivity contribution in [3.8, 4) is 0 Å². The first kappa shape index (κ1) is 8.14. The van der Waals surface area contributed by atoms with Gasteiger partial charge in [0.15, 0.2) is 0 Å². The van der Waals surface area contributed by atoms with Crippen molar-refractivity contribution < 1.29 is 18.1 Å². The maximum Gasteiger partial charge on any atom is 0.227 e. The highest BCUT2D eigenvalue weighted by molar-refractivity contribution is 7.73. The zero-order valence-electron chi connectivity index (χ0n) is 5.14. The van der Waals surface area contributed by atoms with Crippen LogP contribution in [-0.4, -0.2) is 18.7 Å². The summed E-state index contributed by atoms with van der Waals surface area (Å²) in [5, 5.41) is 0. The van der Waals surface area contributed by atoms with E-state index >= 15 is 0 Å². The molecule has 1 unspecified atom stereocenters. The fraction of sp³-hybridized carbons (Fsp3) is 0. The Morgan fingerprint density at radius 3 is 3.18 bits per heavy atom. The molecule has 11 heavy (non-hydrogen) atoms. The van der Waals surface area contributed by atoms with E-state index in [4.69, 9.17) is 0 Å². The Morgan fingerprint density at radius 1 is 1.82 bits per heavy atom. The van der Waals surface area contributed by atoms with Crippen LogP contribution in [0.25, 0.3) is 0 Å². The van der Waals surface area contributed by atoms with E-state index in [-0.39, 0.29) is 5.95 Å². The molecule has 1 aromatic heterocycles. The van der Waals surface area contributed by atoms with Crippen molar-refractivity contribution in [1.29, 1.82) is 0 Å². The van der Waals surface area contributed by atoms with Gasteiger partial charge in [0.2, 0.25) is 5.95 Å². The van der Waals surface area contributed by atoms with Crippen LogP contribution in [0.15, 0.2) is 12.4 Å². The van der Waals surface area contributed by atoms with Crippen molar-refractivity contribution in [1.82, 2.24) is 9.97 Å². The van der Waals surface area contributed by atoms with E-state index in [1.54, 1.807) is 0 Å². The van der Waals surface area contributed by atoms with Crippen LogP contribution in [0.5, 0.6) is 0 Å². The molecule has 2 N–H and O–H groups in total. The molecule has 0 aliphatic rings. The van der Waals surface area contributed by atoms with Gasteiger partial charge in [0, 0.05) is 12.4 Å². The van der Waals surface area contributed by atoms with Crippen molar-refractivity contribution in [3.63, 3.8) is 0 Å². The zero-order valence-corrected chi connectivity index (χ0v) is 5.96. The quantitative estimate of drug-likeness (QED) is 0.365. The van der Waals surface area contributed by atoms with Gasteiger partial charge in [-0.15, -0.1) is 4.33 Å².